The fraction of sp³-hybridized carbons (Fsp3) is 0.417. The zero-order chi connectivity index (χ0) is 10.6. The van der Waals surface area contributed by atoms with E-state index in [4.69, 9.17) is 11.6 Å². The molecule has 14 heavy (non-hydrogen) atoms. The lowest BCUT2D eigenvalue weighted by Crippen LogP contribution is -2.05. The normalized spacial score (nSPS) is 10.2. The van der Waals surface area contributed by atoms with E-state index in [2.05, 4.69) is 13.0 Å². The van der Waals surface area contributed by atoms with Crippen LogP contribution in [0.2, 0.25) is 0 Å². The lowest BCUT2D eigenvalue weighted by atomic mass is 9.98. The van der Waals surface area contributed by atoms with E-state index in [-0.39, 0.29) is 11.7 Å². The number of carbonyl (C=O) groups excluding carboxylic acids is 1. The quantitative estimate of drug-likeness (QED) is 0.551. The van der Waals surface area contributed by atoms with Crippen molar-refractivity contribution in [2.24, 2.45) is 0 Å². The number of carbonyl (C=O) groups is 1. The predicted molar refractivity (Wildman–Crippen MR) is 60.2 cm³/mol. The fourth-order valence-electron chi connectivity index (χ4n) is 1.48. The summed E-state index contributed by atoms with van der Waals surface area (Å²) >= 11 is 5.56. The zero-order valence-corrected chi connectivity index (χ0v) is 9.40. The monoisotopic (exact) mass is 210 g/mol. The fourth-order valence-corrected chi connectivity index (χ4v) is 1.63. The van der Waals surface area contributed by atoms with Crippen LogP contribution in [0.5, 0.6) is 0 Å². The first kappa shape index (κ1) is 11.3. The Balaban J connectivity index is 3.14. The van der Waals surface area contributed by atoms with Crippen molar-refractivity contribution >= 4 is 17.4 Å². The summed E-state index contributed by atoms with van der Waals surface area (Å²) in [4.78, 5) is 11.5. The second kappa shape index (κ2) is 5.16. The molecule has 1 aromatic carbocycles. The molecule has 1 nitrogen and oxygen atoms in total. The summed E-state index contributed by atoms with van der Waals surface area (Å²) in [6.45, 7) is 4.13. The molecule has 0 aliphatic carbocycles. The highest BCUT2D eigenvalue weighted by molar-refractivity contribution is 6.30. The van der Waals surface area contributed by atoms with Crippen molar-refractivity contribution in [3.63, 3.8) is 0 Å². The van der Waals surface area contributed by atoms with Gasteiger partial charge < -0.3 is 0 Å². The minimum absolute atomic E-state index is 0.0267. The van der Waals surface area contributed by atoms with E-state index in [1.54, 1.807) is 0 Å². The van der Waals surface area contributed by atoms with Crippen molar-refractivity contribution in [3.05, 3.63) is 34.9 Å². The Morgan fingerprint density at radius 3 is 2.50 bits per heavy atom. The van der Waals surface area contributed by atoms with Gasteiger partial charge in [-0.1, -0.05) is 26.0 Å². The van der Waals surface area contributed by atoms with Crippen LogP contribution in [0.15, 0.2) is 18.2 Å². The van der Waals surface area contributed by atoms with Gasteiger partial charge in [0.05, 0.1) is 5.88 Å². The Hall–Kier alpha value is -0.820. The molecule has 0 atom stereocenters. The molecule has 0 radical (unpaired) electrons. The first-order valence-electron chi connectivity index (χ1n) is 4.93. The molecule has 0 amide bonds. The maximum atomic E-state index is 11.5. The van der Waals surface area contributed by atoms with E-state index in [1.165, 1.54) is 5.56 Å². The van der Waals surface area contributed by atoms with Gasteiger partial charge in [-0.25, -0.2) is 0 Å². The van der Waals surface area contributed by atoms with Crippen LogP contribution in [0.25, 0.3) is 0 Å². The Morgan fingerprint density at radius 1 is 1.29 bits per heavy atom. The van der Waals surface area contributed by atoms with Gasteiger partial charge in [-0.2, -0.15) is 0 Å². The lowest BCUT2D eigenvalue weighted by molar-refractivity contribution is 0.102. The number of alkyl halides is 1. The van der Waals surface area contributed by atoms with Gasteiger partial charge >= 0.3 is 0 Å². The van der Waals surface area contributed by atoms with Crippen LogP contribution < -0.4 is 0 Å². The van der Waals surface area contributed by atoms with Crippen molar-refractivity contribution in [3.8, 4) is 0 Å². The number of halogens is 1. The molecule has 0 saturated carbocycles. The topological polar surface area (TPSA) is 17.1 Å². The van der Waals surface area contributed by atoms with Crippen molar-refractivity contribution in [2.45, 2.75) is 26.7 Å². The van der Waals surface area contributed by atoms with Gasteiger partial charge in [0, 0.05) is 5.56 Å². The van der Waals surface area contributed by atoms with E-state index < -0.39 is 0 Å². The van der Waals surface area contributed by atoms with E-state index >= 15 is 0 Å². The molecule has 0 aliphatic heterocycles. The average Bonchev–Trinajstić information content (AvgIpc) is 2.27. The summed E-state index contributed by atoms with van der Waals surface area (Å²) < 4.78 is 0. The molecule has 1 aromatic rings. The number of rotatable bonds is 4. The van der Waals surface area contributed by atoms with Crippen LogP contribution in [0, 0.1) is 0 Å². The van der Waals surface area contributed by atoms with Crippen LogP contribution in [-0.4, -0.2) is 11.7 Å². The molecule has 0 aromatic heterocycles. The molecule has 0 aliphatic rings. The molecule has 0 heterocycles. The summed E-state index contributed by atoms with van der Waals surface area (Å²) in [5.41, 5.74) is 3.07. The molecule has 1 rings (SSSR count). The first-order chi connectivity index (χ1) is 6.72. The van der Waals surface area contributed by atoms with Crippen LogP contribution in [0.3, 0.4) is 0 Å². The summed E-state index contributed by atoms with van der Waals surface area (Å²) in [6, 6.07) is 6.06. The molecule has 0 saturated heterocycles. The van der Waals surface area contributed by atoms with Crippen molar-refractivity contribution < 1.29 is 4.79 Å². The molecule has 0 spiro atoms. The van der Waals surface area contributed by atoms with Gasteiger partial charge in [0.15, 0.2) is 5.78 Å². The predicted octanol–water partition coefficient (Wildman–Crippen LogP) is 3.23. The Labute approximate surface area is 90.1 Å². The number of benzene rings is 1. The molecule has 0 fully saturated rings. The highest BCUT2D eigenvalue weighted by atomic mass is 35.5. The minimum Gasteiger partial charge on any atom is -0.293 e. The lowest BCUT2D eigenvalue weighted by Gasteiger charge is -2.07. The van der Waals surface area contributed by atoms with E-state index in [9.17, 15) is 4.79 Å². The third-order valence-corrected chi connectivity index (χ3v) is 2.63. The van der Waals surface area contributed by atoms with Crippen LogP contribution in [-0.2, 0) is 12.8 Å². The summed E-state index contributed by atoms with van der Waals surface area (Å²) in [5, 5.41) is 0. The van der Waals surface area contributed by atoms with Crippen molar-refractivity contribution in [1.29, 1.82) is 0 Å². The van der Waals surface area contributed by atoms with E-state index in [0.29, 0.717) is 0 Å². The minimum atomic E-state index is 0.0267. The van der Waals surface area contributed by atoms with Gasteiger partial charge in [-0.05, 0) is 30.0 Å². The Bertz CT molecular complexity index is 331. The third kappa shape index (κ3) is 2.36. The molecular weight excluding hydrogens is 196 g/mol. The number of hydrogen-bond acceptors (Lipinski definition) is 1. The van der Waals surface area contributed by atoms with Gasteiger partial charge in [0.2, 0.25) is 0 Å². The second-order valence-electron chi connectivity index (χ2n) is 3.26. The average molecular weight is 211 g/mol. The van der Waals surface area contributed by atoms with Gasteiger partial charge in [0.1, 0.15) is 0 Å². The Morgan fingerprint density at radius 2 is 2.00 bits per heavy atom. The van der Waals surface area contributed by atoms with Gasteiger partial charge in [0.25, 0.3) is 0 Å². The molecule has 0 unspecified atom stereocenters. The first-order valence-corrected chi connectivity index (χ1v) is 5.47. The zero-order valence-electron chi connectivity index (χ0n) is 8.64. The van der Waals surface area contributed by atoms with Crippen molar-refractivity contribution in [2.75, 3.05) is 5.88 Å². The van der Waals surface area contributed by atoms with Gasteiger partial charge in [-0.3, -0.25) is 4.79 Å². The largest absolute Gasteiger partial charge is 0.293 e. The SMILES string of the molecule is CCc1ccc(CC)c(C(=O)CCl)c1. The van der Waals surface area contributed by atoms with Crippen molar-refractivity contribution in [1.82, 2.24) is 0 Å². The molecular formula is C12H15ClO. The van der Waals surface area contributed by atoms with Crippen LogP contribution >= 0.6 is 11.6 Å². The smallest absolute Gasteiger partial charge is 0.177 e. The van der Waals surface area contributed by atoms with Crippen LogP contribution in [0.1, 0.15) is 35.3 Å². The molecule has 2 heteroatoms. The number of ketones is 1. The third-order valence-electron chi connectivity index (χ3n) is 2.39. The molecule has 76 valence electrons. The summed E-state index contributed by atoms with van der Waals surface area (Å²) in [6.07, 6.45) is 1.83. The summed E-state index contributed by atoms with van der Waals surface area (Å²) in [7, 11) is 0. The summed E-state index contributed by atoms with van der Waals surface area (Å²) in [5.74, 6) is 0.0963. The Kier molecular flexibility index (Phi) is 4.15. The van der Waals surface area contributed by atoms with E-state index in [0.717, 1.165) is 24.0 Å². The number of hydrogen-bond donors (Lipinski definition) is 0. The highest BCUT2D eigenvalue weighted by Gasteiger charge is 2.09. The maximum Gasteiger partial charge on any atom is 0.177 e. The second-order valence-corrected chi connectivity index (χ2v) is 3.52. The molecule has 0 bridgehead atoms. The van der Waals surface area contributed by atoms with Gasteiger partial charge in [-0.15, -0.1) is 11.6 Å². The van der Waals surface area contributed by atoms with E-state index in [1.807, 2.05) is 19.1 Å². The maximum absolute atomic E-state index is 11.5. The standard InChI is InChI=1S/C12H15ClO/c1-3-9-5-6-10(4-2)11(7-9)12(14)8-13/h5-7H,3-4,8H2,1-2H3. The molecule has 0 N–H and O–H groups in total. The van der Waals surface area contributed by atoms with Crippen LogP contribution in [0.4, 0.5) is 0 Å². The number of Topliss-reactive ketones (excluding diaryl/α,β-unsaturated/α-hetero) is 1. The number of aryl methyl sites for hydroxylation is 2. The highest BCUT2D eigenvalue weighted by Crippen LogP contribution is 2.14.